The first-order valence-electron chi connectivity index (χ1n) is 5.75. The van der Waals surface area contributed by atoms with Crippen LogP contribution in [0.5, 0.6) is 0 Å². The van der Waals surface area contributed by atoms with Crippen LogP contribution in [0.15, 0.2) is 16.7 Å². The molecule has 0 unspecified atom stereocenters. The fourth-order valence-electron chi connectivity index (χ4n) is 1.50. The first-order valence-corrected chi connectivity index (χ1v) is 5.75. The SMILES string of the molecule is COCCOCc1occc1CNC1CC1. The van der Waals surface area contributed by atoms with Gasteiger partial charge in [0, 0.05) is 25.3 Å². The summed E-state index contributed by atoms with van der Waals surface area (Å²) in [5.74, 6) is 0.921. The lowest BCUT2D eigenvalue weighted by Gasteiger charge is -2.05. The quantitative estimate of drug-likeness (QED) is 0.684. The van der Waals surface area contributed by atoms with Gasteiger partial charge >= 0.3 is 0 Å². The van der Waals surface area contributed by atoms with Crippen LogP contribution in [-0.4, -0.2) is 26.4 Å². The van der Waals surface area contributed by atoms with Crippen molar-refractivity contribution in [1.82, 2.24) is 5.32 Å². The van der Waals surface area contributed by atoms with E-state index in [1.54, 1.807) is 13.4 Å². The lowest BCUT2D eigenvalue weighted by molar-refractivity contribution is 0.0533. The van der Waals surface area contributed by atoms with Crippen molar-refractivity contribution < 1.29 is 13.9 Å². The molecule has 0 amide bonds. The van der Waals surface area contributed by atoms with Crippen LogP contribution in [-0.2, 0) is 22.6 Å². The van der Waals surface area contributed by atoms with Crippen LogP contribution in [0.25, 0.3) is 0 Å². The fourth-order valence-corrected chi connectivity index (χ4v) is 1.50. The highest BCUT2D eigenvalue weighted by Gasteiger charge is 2.20. The molecule has 0 radical (unpaired) electrons. The Morgan fingerprint density at radius 2 is 2.31 bits per heavy atom. The summed E-state index contributed by atoms with van der Waals surface area (Å²) >= 11 is 0. The van der Waals surface area contributed by atoms with Crippen molar-refractivity contribution >= 4 is 0 Å². The van der Waals surface area contributed by atoms with E-state index in [4.69, 9.17) is 13.9 Å². The topological polar surface area (TPSA) is 43.6 Å². The molecule has 0 aliphatic heterocycles. The third-order valence-electron chi connectivity index (χ3n) is 2.66. The van der Waals surface area contributed by atoms with E-state index in [2.05, 4.69) is 5.32 Å². The Bertz CT molecular complexity index is 307. The van der Waals surface area contributed by atoms with Gasteiger partial charge in [-0.3, -0.25) is 0 Å². The zero-order valence-electron chi connectivity index (χ0n) is 9.70. The Morgan fingerprint density at radius 3 is 3.06 bits per heavy atom. The molecule has 1 aromatic rings. The van der Waals surface area contributed by atoms with Gasteiger partial charge in [0.15, 0.2) is 0 Å². The first kappa shape index (κ1) is 11.6. The van der Waals surface area contributed by atoms with Crippen molar-refractivity contribution in [2.45, 2.75) is 32.0 Å². The maximum absolute atomic E-state index is 5.44. The lowest BCUT2D eigenvalue weighted by Crippen LogP contribution is -2.16. The molecule has 1 saturated carbocycles. The van der Waals surface area contributed by atoms with Crippen LogP contribution < -0.4 is 5.32 Å². The van der Waals surface area contributed by atoms with E-state index in [0.29, 0.717) is 19.8 Å². The van der Waals surface area contributed by atoms with Crippen LogP contribution in [0.3, 0.4) is 0 Å². The summed E-state index contributed by atoms with van der Waals surface area (Å²) in [5, 5.41) is 3.46. The van der Waals surface area contributed by atoms with E-state index in [9.17, 15) is 0 Å². The number of methoxy groups -OCH3 is 1. The number of ether oxygens (including phenoxy) is 2. The highest BCUT2D eigenvalue weighted by molar-refractivity contribution is 5.16. The van der Waals surface area contributed by atoms with Gasteiger partial charge in [-0.15, -0.1) is 0 Å². The van der Waals surface area contributed by atoms with Gasteiger partial charge in [0.1, 0.15) is 12.4 Å². The zero-order chi connectivity index (χ0) is 11.2. The van der Waals surface area contributed by atoms with E-state index >= 15 is 0 Å². The van der Waals surface area contributed by atoms with E-state index in [1.165, 1.54) is 18.4 Å². The standard InChI is InChI=1S/C12H19NO3/c1-14-6-7-15-9-12-10(4-5-16-12)8-13-11-2-3-11/h4-5,11,13H,2-3,6-9H2,1H3. The van der Waals surface area contributed by atoms with Gasteiger partial charge in [-0.05, 0) is 18.9 Å². The molecular weight excluding hydrogens is 206 g/mol. The molecule has 16 heavy (non-hydrogen) atoms. The monoisotopic (exact) mass is 225 g/mol. The molecule has 0 bridgehead atoms. The van der Waals surface area contributed by atoms with Crippen LogP contribution >= 0.6 is 0 Å². The first-order chi connectivity index (χ1) is 7.90. The minimum atomic E-state index is 0.526. The van der Waals surface area contributed by atoms with E-state index < -0.39 is 0 Å². The second kappa shape index (κ2) is 6.03. The van der Waals surface area contributed by atoms with Gasteiger partial charge in [0.05, 0.1) is 19.5 Å². The van der Waals surface area contributed by atoms with Crippen LogP contribution in [0.2, 0.25) is 0 Å². The average Bonchev–Trinajstić information content (AvgIpc) is 3.02. The van der Waals surface area contributed by atoms with Gasteiger partial charge in [0.25, 0.3) is 0 Å². The van der Waals surface area contributed by atoms with Crippen molar-refractivity contribution in [1.29, 1.82) is 0 Å². The van der Waals surface area contributed by atoms with Crippen LogP contribution in [0.1, 0.15) is 24.2 Å². The molecule has 1 N–H and O–H groups in total. The summed E-state index contributed by atoms with van der Waals surface area (Å²) < 4.78 is 15.7. The Labute approximate surface area is 95.9 Å². The summed E-state index contributed by atoms with van der Waals surface area (Å²) in [6, 6.07) is 2.72. The van der Waals surface area contributed by atoms with Gasteiger partial charge in [-0.2, -0.15) is 0 Å². The van der Waals surface area contributed by atoms with Gasteiger partial charge in [0.2, 0.25) is 0 Å². The number of furan rings is 1. The molecule has 1 aliphatic rings. The average molecular weight is 225 g/mol. The molecule has 2 rings (SSSR count). The lowest BCUT2D eigenvalue weighted by atomic mass is 10.2. The third kappa shape index (κ3) is 3.63. The third-order valence-corrected chi connectivity index (χ3v) is 2.66. The molecule has 90 valence electrons. The van der Waals surface area contributed by atoms with Gasteiger partial charge in [-0.1, -0.05) is 0 Å². The van der Waals surface area contributed by atoms with Crippen molar-refractivity contribution in [3.63, 3.8) is 0 Å². The smallest absolute Gasteiger partial charge is 0.133 e. The molecule has 0 spiro atoms. The van der Waals surface area contributed by atoms with Crippen molar-refractivity contribution in [2.75, 3.05) is 20.3 Å². The van der Waals surface area contributed by atoms with Crippen molar-refractivity contribution in [2.24, 2.45) is 0 Å². The molecule has 4 heteroatoms. The predicted molar refractivity (Wildman–Crippen MR) is 60.1 cm³/mol. The number of rotatable bonds is 8. The molecule has 0 aromatic carbocycles. The number of hydrogen-bond donors (Lipinski definition) is 1. The highest BCUT2D eigenvalue weighted by Crippen LogP contribution is 2.20. The molecule has 0 atom stereocenters. The highest BCUT2D eigenvalue weighted by atomic mass is 16.5. The fraction of sp³-hybridized carbons (Fsp3) is 0.667. The van der Waals surface area contributed by atoms with Crippen LogP contribution in [0.4, 0.5) is 0 Å². The van der Waals surface area contributed by atoms with Crippen molar-refractivity contribution in [3.8, 4) is 0 Å². The Hall–Kier alpha value is -0.840. The number of nitrogens with one attached hydrogen (secondary N) is 1. The minimum Gasteiger partial charge on any atom is -0.467 e. The maximum atomic E-state index is 5.44. The Balaban J connectivity index is 1.71. The largest absolute Gasteiger partial charge is 0.467 e. The second-order valence-corrected chi connectivity index (χ2v) is 4.07. The van der Waals surface area contributed by atoms with Gasteiger partial charge < -0.3 is 19.2 Å². The van der Waals surface area contributed by atoms with Gasteiger partial charge in [-0.25, -0.2) is 0 Å². The molecule has 4 nitrogen and oxygen atoms in total. The van der Waals surface area contributed by atoms with E-state index in [1.807, 2.05) is 6.07 Å². The van der Waals surface area contributed by atoms with E-state index in [-0.39, 0.29) is 0 Å². The normalized spacial score (nSPS) is 15.6. The summed E-state index contributed by atoms with van der Waals surface area (Å²) in [4.78, 5) is 0. The second-order valence-electron chi connectivity index (χ2n) is 4.07. The summed E-state index contributed by atoms with van der Waals surface area (Å²) in [7, 11) is 1.67. The Kier molecular flexibility index (Phi) is 4.39. The summed E-state index contributed by atoms with van der Waals surface area (Å²) in [6.45, 7) is 2.63. The Morgan fingerprint density at radius 1 is 1.44 bits per heavy atom. The van der Waals surface area contributed by atoms with Crippen LogP contribution in [0, 0.1) is 0 Å². The molecule has 1 aliphatic carbocycles. The zero-order valence-corrected chi connectivity index (χ0v) is 9.70. The van der Waals surface area contributed by atoms with Crippen molar-refractivity contribution in [3.05, 3.63) is 23.7 Å². The molecular formula is C12H19NO3. The summed E-state index contributed by atoms with van der Waals surface area (Å²) in [5.41, 5.74) is 1.20. The predicted octanol–water partition coefficient (Wildman–Crippen LogP) is 1.69. The molecule has 1 aromatic heterocycles. The summed E-state index contributed by atoms with van der Waals surface area (Å²) in [6.07, 6.45) is 4.33. The van der Waals surface area contributed by atoms with E-state index in [0.717, 1.165) is 18.3 Å². The maximum Gasteiger partial charge on any atom is 0.133 e. The minimum absolute atomic E-state index is 0.526. The number of hydrogen-bond acceptors (Lipinski definition) is 4. The molecule has 1 heterocycles. The molecule has 1 fully saturated rings. The molecule has 0 saturated heterocycles.